The number of aromatic nitrogens is 1. The fraction of sp³-hybridized carbons (Fsp3) is 0.500. The number of nitrogens with two attached hydrogens (primary N) is 1. The van der Waals surface area contributed by atoms with Gasteiger partial charge >= 0.3 is 0 Å². The van der Waals surface area contributed by atoms with Gasteiger partial charge in [0.15, 0.2) is 0 Å². The Morgan fingerprint density at radius 3 is 2.70 bits per heavy atom. The molecule has 0 spiro atoms. The monoisotopic (exact) mass is 301 g/mol. The fourth-order valence-corrected chi connectivity index (χ4v) is 2.08. The summed E-state index contributed by atoms with van der Waals surface area (Å²) in [7, 11) is -3.13. The topological polar surface area (TPSA) is 111 Å². The number of ether oxygens (including phenoxy) is 1. The van der Waals surface area contributed by atoms with Crippen molar-refractivity contribution in [1.82, 2.24) is 4.98 Å². The molecule has 0 aliphatic heterocycles. The molecule has 0 saturated carbocycles. The van der Waals surface area contributed by atoms with Gasteiger partial charge in [-0.15, -0.1) is 0 Å². The smallest absolute Gasteiger partial charge is 0.241 e. The minimum absolute atomic E-state index is 0.0785. The Morgan fingerprint density at radius 1 is 1.50 bits per heavy atom. The van der Waals surface area contributed by atoms with Gasteiger partial charge in [-0.05, 0) is 19.4 Å². The molecule has 0 bridgehead atoms. The van der Waals surface area contributed by atoms with E-state index in [1.807, 2.05) is 6.92 Å². The highest BCUT2D eigenvalue weighted by molar-refractivity contribution is 7.90. The second-order valence-electron chi connectivity index (χ2n) is 4.33. The molecule has 0 fully saturated rings. The third-order valence-electron chi connectivity index (χ3n) is 2.43. The maximum Gasteiger partial charge on any atom is 0.241 e. The zero-order valence-electron chi connectivity index (χ0n) is 11.5. The minimum Gasteiger partial charge on any atom is -0.478 e. The van der Waals surface area contributed by atoms with Gasteiger partial charge in [-0.3, -0.25) is 4.79 Å². The molecule has 20 heavy (non-hydrogen) atoms. The van der Waals surface area contributed by atoms with E-state index in [2.05, 4.69) is 10.3 Å². The molecule has 0 saturated heterocycles. The van der Waals surface area contributed by atoms with Crippen molar-refractivity contribution in [1.29, 1.82) is 0 Å². The average molecular weight is 301 g/mol. The van der Waals surface area contributed by atoms with Crippen LogP contribution in [0.4, 0.5) is 5.69 Å². The molecule has 1 amide bonds. The number of nitrogens with one attached hydrogen (secondary N) is 1. The van der Waals surface area contributed by atoms with E-state index < -0.39 is 21.8 Å². The number of amides is 1. The Morgan fingerprint density at radius 2 is 2.20 bits per heavy atom. The summed E-state index contributed by atoms with van der Waals surface area (Å²) in [5.41, 5.74) is 6.11. The Hall–Kier alpha value is -1.67. The molecule has 1 unspecified atom stereocenters. The number of hydrogen-bond acceptors (Lipinski definition) is 6. The highest BCUT2D eigenvalue weighted by atomic mass is 32.2. The second kappa shape index (κ2) is 7.20. The van der Waals surface area contributed by atoms with Crippen LogP contribution < -0.4 is 15.8 Å². The average Bonchev–Trinajstić information content (AvgIpc) is 2.37. The SMILES string of the molecule is CCOc1ccc(NC(=O)C(N)CCS(C)(=O)=O)cn1. The van der Waals surface area contributed by atoms with E-state index in [9.17, 15) is 13.2 Å². The van der Waals surface area contributed by atoms with Gasteiger partial charge in [0, 0.05) is 12.3 Å². The number of sulfone groups is 1. The lowest BCUT2D eigenvalue weighted by molar-refractivity contribution is -0.117. The summed E-state index contributed by atoms with van der Waals surface area (Å²) in [6, 6.07) is 2.39. The van der Waals surface area contributed by atoms with E-state index in [1.165, 1.54) is 6.20 Å². The van der Waals surface area contributed by atoms with Crippen molar-refractivity contribution in [3.05, 3.63) is 18.3 Å². The van der Waals surface area contributed by atoms with E-state index >= 15 is 0 Å². The van der Waals surface area contributed by atoms with Crippen LogP contribution in [0.3, 0.4) is 0 Å². The first kappa shape index (κ1) is 16.4. The molecule has 1 heterocycles. The van der Waals surface area contributed by atoms with Gasteiger partial charge in [-0.2, -0.15) is 0 Å². The minimum atomic E-state index is -3.13. The number of anilines is 1. The van der Waals surface area contributed by atoms with Gasteiger partial charge < -0.3 is 15.8 Å². The Kier molecular flexibility index (Phi) is 5.90. The van der Waals surface area contributed by atoms with Gasteiger partial charge in [0.05, 0.1) is 30.3 Å². The van der Waals surface area contributed by atoms with Crippen molar-refractivity contribution in [2.75, 3.05) is 23.9 Å². The van der Waals surface area contributed by atoms with Crippen molar-refractivity contribution in [2.45, 2.75) is 19.4 Å². The molecule has 1 atom stereocenters. The largest absolute Gasteiger partial charge is 0.478 e. The molecule has 3 N–H and O–H groups in total. The molecule has 0 aliphatic carbocycles. The molecule has 0 aromatic carbocycles. The van der Waals surface area contributed by atoms with Crippen LogP contribution in [0.1, 0.15) is 13.3 Å². The predicted octanol–water partition coefficient (Wildman–Crippen LogP) is 0.181. The summed E-state index contributed by atoms with van der Waals surface area (Å²) >= 11 is 0. The molecule has 1 rings (SSSR count). The number of rotatable bonds is 7. The standard InChI is InChI=1S/C12H19N3O4S/c1-3-19-11-5-4-9(8-14-11)15-12(16)10(13)6-7-20(2,17)18/h4-5,8,10H,3,6-7,13H2,1-2H3,(H,15,16). The molecule has 0 radical (unpaired) electrons. The summed E-state index contributed by atoms with van der Waals surface area (Å²) in [5.74, 6) is -0.102. The van der Waals surface area contributed by atoms with Crippen LogP contribution in [0, 0.1) is 0 Å². The van der Waals surface area contributed by atoms with Crippen molar-refractivity contribution in [3.63, 3.8) is 0 Å². The molecule has 7 nitrogen and oxygen atoms in total. The number of nitrogens with zero attached hydrogens (tertiary/aromatic N) is 1. The number of carbonyl (C=O) groups is 1. The van der Waals surface area contributed by atoms with Gasteiger partial charge in [-0.1, -0.05) is 0 Å². The zero-order valence-corrected chi connectivity index (χ0v) is 12.3. The van der Waals surface area contributed by atoms with E-state index in [-0.39, 0.29) is 12.2 Å². The molecule has 0 aliphatic rings. The lowest BCUT2D eigenvalue weighted by atomic mass is 10.2. The molecule has 1 aromatic heterocycles. The normalized spacial score (nSPS) is 12.8. The molecular formula is C12H19N3O4S. The predicted molar refractivity (Wildman–Crippen MR) is 76.3 cm³/mol. The van der Waals surface area contributed by atoms with E-state index in [0.29, 0.717) is 18.2 Å². The first-order chi connectivity index (χ1) is 9.31. The Bertz CT molecular complexity index is 542. The highest BCUT2D eigenvalue weighted by Crippen LogP contribution is 2.11. The number of hydrogen-bond donors (Lipinski definition) is 2. The number of pyridine rings is 1. The third kappa shape index (κ3) is 5.98. The van der Waals surface area contributed by atoms with Crippen LogP contribution in [0.5, 0.6) is 5.88 Å². The maximum atomic E-state index is 11.8. The van der Waals surface area contributed by atoms with Crippen molar-refractivity contribution in [3.8, 4) is 5.88 Å². The molecule has 1 aromatic rings. The van der Waals surface area contributed by atoms with Crippen LogP contribution in [0.15, 0.2) is 18.3 Å². The van der Waals surface area contributed by atoms with E-state index in [1.54, 1.807) is 12.1 Å². The maximum absolute atomic E-state index is 11.8. The van der Waals surface area contributed by atoms with Crippen LogP contribution in [-0.2, 0) is 14.6 Å². The second-order valence-corrected chi connectivity index (χ2v) is 6.59. The van der Waals surface area contributed by atoms with Crippen molar-refractivity contribution >= 4 is 21.4 Å². The van der Waals surface area contributed by atoms with E-state index in [4.69, 9.17) is 10.5 Å². The lowest BCUT2D eigenvalue weighted by Crippen LogP contribution is -2.37. The molecule has 112 valence electrons. The van der Waals surface area contributed by atoms with Crippen LogP contribution >= 0.6 is 0 Å². The van der Waals surface area contributed by atoms with Gasteiger partial charge in [0.1, 0.15) is 9.84 Å². The van der Waals surface area contributed by atoms with Crippen molar-refractivity contribution in [2.24, 2.45) is 5.73 Å². The Labute approximate surface area is 118 Å². The Balaban J connectivity index is 2.52. The number of carbonyl (C=O) groups excluding carboxylic acids is 1. The van der Waals surface area contributed by atoms with Crippen LogP contribution in [0.25, 0.3) is 0 Å². The van der Waals surface area contributed by atoms with E-state index in [0.717, 1.165) is 6.26 Å². The van der Waals surface area contributed by atoms with Gasteiger partial charge in [0.25, 0.3) is 0 Å². The van der Waals surface area contributed by atoms with Gasteiger partial charge in [-0.25, -0.2) is 13.4 Å². The summed E-state index contributed by atoms with van der Waals surface area (Å²) < 4.78 is 27.2. The summed E-state index contributed by atoms with van der Waals surface area (Å²) in [6.45, 7) is 2.35. The van der Waals surface area contributed by atoms with Crippen molar-refractivity contribution < 1.29 is 17.9 Å². The molecular weight excluding hydrogens is 282 g/mol. The summed E-state index contributed by atoms with van der Waals surface area (Å²) in [5, 5.41) is 2.57. The third-order valence-corrected chi connectivity index (χ3v) is 3.41. The summed E-state index contributed by atoms with van der Waals surface area (Å²) in [6.07, 6.45) is 2.63. The first-order valence-corrected chi connectivity index (χ1v) is 8.21. The first-order valence-electron chi connectivity index (χ1n) is 6.15. The summed E-state index contributed by atoms with van der Waals surface area (Å²) in [4.78, 5) is 15.7. The van der Waals surface area contributed by atoms with Gasteiger partial charge in [0.2, 0.25) is 11.8 Å². The fourth-order valence-electron chi connectivity index (χ4n) is 1.39. The quantitative estimate of drug-likeness (QED) is 0.743. The zero-order chi connectivity index (χ0) is 15.2. The molecule has 8 heteroatoms. The lowest BCUT2D eigenvalue weighted by Gasteiger charge is -2.11. The highest BCUT2D eigenvalue weighted by Gasteiger charge is 2.16. The van der Waals surface area contributed by atoms with Crippen LogP contribution in [-0.4, -0.2) is 44.0 Å². The van der Waals surface area contributed by atoms with Crippen LogP contribution in [0.2, 0.25) is 0 Å².